The van der Waals surface area contributed by atoms with Crippen molar-refractivity contribution < 1.29 is 0 Å². The smallest absolute Gasteiger partial charge is 0.0809 e. The average molecular weight is 152 g/mol. The fraction of sp³-hybridized carbons (Fsp3) is 0. The van der Waals surface area contributed by atoms with Crippen LogP contribution >= 0.6 is 11.3 Å². The van der Waals surface area contributed by atoms with Gasteiger partial charge in [-0.3, -0.25) is 4.98 Å². The van der Waals surface area contributed by atoms with E-state index in [1.54, 1.807) is 11.3 Å². The van der Waals surface area contributed by atoms with E-state index >= 15 is 0 Å². The molecule has 0 unspecified atom stereocenters. The second-order valence-corrected chi connectivity index (χ2v) is 2.76. The zero-order chi connectivity index (χ0) is 6.10. The number of thiophene rings is 1. The SMILES string of the molecule is N.c1cnc2ccsc2c1. The van der Waals surface area contributed by atoms with Gasteiger partial charge in [-0.15, -0.1) is 11.3 Å². The molecule has 0 radical (unpaired) electrons. The molecule has 0 amide bonds. The first-order valence-corrected chi connectivity index (χ1v) is 3.63. The zero-order valence-corrected chi connectivity index (χ0v) is 6.27. The summed E-state index contributed by atoms with van der Waals surface area (Å²) in [5.41, 5.74) is 1.10. The molecule has 0 fully saturated rings. The van der Waals surface area contributed by atoms with Crippen molar-refractivity contribution in [1.29, 1.82) is 0 Å². The van der Waals surface area contributed by atoms with Crippen molar-refractivity contribution in [3.8, 4) is 0 Å². The fourth-order valence-corrected chi connectivity index (χ4v) is 1.54. The Hall–Kier alpha value is -0.930. The molecule has 10 heavy (non-hydrogen) atoms. The standard InChI is InChI=1S/C7H5NS.H3N/c1-2-7-6(8-4-1)3-5-9-7;/h1-5H;1H3. The van der Waals surface area contributed by atoms with E-state index in [1.807, 2.05) is 18.3 Å². The van der Waals surface area contributed by atoms with E-state index in [0.29, 0.717) is 0 Å². The number of pyridine rings is 1. The summed E-state index contributed by atoms with van der Waals surface area (Å²) in [6, 6.07) is 6.06. The summed E-state index contributed by atoms with van der Waals surface area (Å²) >= 11 is 1.72. The molecular formula is C7H8N2S. The van der Waals surface area contributed by atoms with Gasteiger partial charge in [0.2, 0.25) is 0 Å². The van der Waals surface area contributed by atoms with E-state index in [4.69, 9.17) is 0 Å². The van der Waals surface area contributed by atoms with E-state index < -0.39 is 0 Å². The van der Waals surface area contributed by atoms with Crippen molar-refractivity contribution in [1.82, 2.24) is 11.1 Å². The Morgan fingerprint density at radius 3 is 3.00 bits per heavy atom. The largest absolute Gasteiger partial charge is 0.344 e. The van der Waals surface area contributed by atoms with Gasteiger partial charge >= 0.3 is 0 Å². The van der Waals surface area contributed by atoms with Gasteiger partial charge in [0.25, 0.3) is 0 Å². The molecule has 2 aromatic rings. The highest BCUT2D eigenvalue weighted by molar-refractivity contribution is 7.17. The Labute approximate surface area is 63.1 Å². The van der Waals surface area contributed by atoms with Gasteiger partial charge in [-0.05, 0) is 23.6 Å². The van der Waals surface area contributed by atoms with Gasteiger partial charge in [0.15, 0.2) is 0 Å². The number of hydrogen-bond donors (Lipinski definition) is 1. The first kappa shape index (κ1) is 7.18. The highest BCUT2D eigenvalue weighted by atomic mass is 32.1. The number of hydrogen-bond acceptors (Lipinski definition) is 3. The van der Waals surface area contributed by atoms with Crippen LogP contribution in [0.1, 0.15) is 0 Å². The van der Waals surface area contributed by atoms with Crippen LogP contribution in [0.3, 0.4) is 0 Å². The average Bonchev–Trinajstić information content (AvgIpc) is 2.33. The minimum absolute atomic E-state index is 0. The van der Waals surface area contributed by atoms with Crippen molar-refractivity contribution in [2.45, 2.75) is 0 Å². The van der Waals surface area contributed by atoms with Gasteiger partial charge < -0.3 is 6.15 Å². The minimum Gasteiger partial charge on any atom is -0.344 e. The zero-order valence-electron chi connectivity index (χ0n) is 5.45. The molecule has 0 saturated carbocycles. The van der Waals surface area contributed by atoms with Crippen LogP contribution < -0.4 is 6.15 Å². The molecule has 0 aliphatic heterocycles. The van der Waals surface area contributed by atoms with E-state index in [9.17, 15) is 0 Å². The molecule has 2 aromatic heterocycles. The third-order valence-corrected chi connectivity index (χ3v) is 2.09. The Morgan fingerprint density at radius 1 is 1.30 bits per heavy atom. The maximum absolute atomic E-state index is 4.15. The summed E-state index contributed by atoms with van der Waals surface area (Å²) < 4.78 is 1.26. The predicted octanol–water partition coefficient (Wildman–Crippen LogP) is 2.46. The van der Waals surface area contributed by atoms with Crippen LogP contribution in [0.2, 0.25) is 0 Å². The quantitative estimate of drug-likeness (QED) is 0.630. The normalized spacial score (nSPS) is 9.20. The Balaban J connectivity index is 0.000000500. The molecule has 52 valence electrons. The van der Waals surface area contributed by atoms with E-state index in [1.165, 1.54) is 4.70 Å². The second kappa shape index (κ2) is 2.77. The van der Waals surface area contributed by atoms with E-state index in [2.05, 4.69) is 16.4 Å². The number of fused-ring (bicyclic) bond motifs is 1. The summed E-state index contributed by atoms with van der Waals surface area (Å²) in [7, 11) is 0. The molecule has 3 heteroatoms. The van der Waals surface area contributed by atoms with Gasteiger partial charge in [0, 0.05) is 6.20 Å². The third-order valence-electron chi connectivity index (χ3n) is 1.22. The van der Waals surface area contributed by atoms with Gasteiger partial charge in [-0.2, -0.15) is 0 Å². The van der Waals surface area contributed by atoms with Gasteiger partial charge in [0.05, 0.1) is 10.2 Å². The van der Waals surface area contributed by atoms with Crippen molar-refractivity contribution in [2.75, 3.05) is 0 Å². The molecule has 2 heterocycles. The summed E-state index contributed by atoms with van der Waals surface area (Å²) in [6.07, 6.45) is 1.81. The number of rotatable bonds is 0. The minimum atomic E-state index is 0. The van der Waals surface area contributed by atoms with Crippen LogP contribution in [0.4, 0.5) is 0 Å². The second-order valence-electron chi connectivity index (χ2n) is 1.81. The van der Waals surface area contributed by atoms with Crippen LogP contribution in [0.5, 0.6) is 0 Å². The molecule has 2 nitrogen and oxygen atoms in total. The van der Waals surface area contributed by atoms with Gasteiger partial charge in [-0.25, -0.2) is 0 Å². The van der Waals surface area contributed by atoms with Crippen molar-refractivity contribution in [3.05, 3.63) is 29.8 Å². The lowest BCUT2D eigenvalue weighted by Gasteiger charge is -1.81. The lowest BCUT2D eigenvalue weighted by atomic mass is 10.4. The maximum Gasteiger partial charge on any atom is 0.0809 e. The molecule has 0 aliphatic carbocycles. The molecule has 0 spiro atoms. The summed E-state index contributed by atoms with van der Waals surface area (Å²) in [5.74, 6) is 0. The molecule has 0 saturated heterocycles. The lowest BCUT2D eigenvalue weighted by molar-refractivity contribution is 1.43. The van der Waals surface area contributed by atoms with Crippen molar-refractivity contribution in [2.24, 2.45) is 0 Å². The van der Waals surface area contributed by atoms with E-state index in [-0.39, 0.29) is 6.15 Å². The monoisotopic (exact) mass is 152 g/mol. The van der Waals surface area contributed by atoms with Gasteiger partial charge in [0.1, 0.15) is 0 Å². The molecule has 3 N–H and O–H groups in total. The molecule has 0 aromatic carbocycles. The Morgan fingerprint density at radius 2 is 2.20 bits per heavy atom. The Bertz CT molecular complexity index is 286. The molecule has 0 aliphatic rings. The van der Waals surface area contributed by atoms with Crippen LogP contribution in [0.25, 0.3) is 10.2 Å². The first-order chi connectivity index (χ1) is 4.47. The maximum atomic E-state index is 4.15. The number of aromatic nitrogens is 1. The Kier molecular flexibility index (Phi) is 1.99. The lowest BCUT2D eigenvalue weighted by Crippen LogP contribution is -1.65. The predicted molar refractivity (Wildman–Crippen MR) is 44.6 cm³/mol. The van der Waals surface area contributed by atoms with Crippen LogP contribution in [0, 0.1) is 0 Å². The van der Waals surface area contributed by atoms with Crippen LogP contribution in [-0.2, 0) is 0 Å². The summed E-state index contributed by atoms with van der Waals surface area (Å²) in [4.78, 5) is 4.15. The van der Waals surface area contributed by atoms with Crippen molar-refractivity contribution in [3.63, 3.8) is 0 Å². The third kappa shape index (κ3) is 1.01. The number of nitrogens with zero attached hydrogens (tertiary/aromatic N) is 1. The molecule has 0 atom stereocenters. The molecular weight excluding hydrogens is 144 g/mol. The highest BCUT2D eigenvalue weighted by Gasteiger charge is 1.89. The fourth-order valence-electron chi connectivity index (χ4n) is 0.799. The van der Waals surface area contributed by atoms with E-state index in [0.717, 1.165) is 5.52 Å². The van der Waals surface area contributed by atoms with Crippen molar-refractivity contribution >= 4 is 21.6 Å². The summed E-state index contributed by atoms with van der Waals surface area (Å²) in [5, 5.41) is 2.05. The van der Waals surface area contributed by atoms with Crippen LogP contribution in [-0.4, -0.2) is 4.98 Å². The summed E-state index contributed by atoms with van der Waals surface area (Å²) in [6.45, 7) is 0. The first-order valence-electron chi connectivity index (χ1n) is 2.75. The topological polar surface area (TPSA) is 47.9 Å². The molecule has 2 rings (SSSR count). The highest BCUT2D eigenvalue weighted by Crippen LogP contribution is 2.16. The van der Waals surface area contributed by atoms with Gasteiger partial charge in [-0.1, -0.05) is 0 Å². The molecule has 0 bridgehead atoms. The van der Waals surface area contributed by atoms with Crippen LogP contribution in [0.15, 0.2) is 29.8 Å².